The second kappa shape index (κ2) is 5.41. The molecule has 2 aliphatic rings. The highest BCUT2D eigenvalue weighted by molar-refractivity contribution is 9.10. The molecule has 4 nitrogen and oxygen atoms in total. The Kier molecular flexibility index (Phi) is 4.62. The van der Waals surface area contributed by atoms with Gasteiger partial charge in [0.25, 0.3) is 0 Å². The van der Waals surface area contributed by atoms with Gasteiger partial charge in [-0.15, -0.1) is 0 Å². The molecule has 5 atom stereocenters. The molecule has 2 rings (SSSR count). The molecule has 2 saturated heterocycles. The van der Waals surface area contributed by atoms with Crippen molar-refractivity contribution < 1.29 is 19.0 Å². The van der Waals surface area contributed by atoms with E-state index in [1.807, 2.05) is 0 Å². The number of methoxy groups -OCH3 is 2. The van der Waals surface area contributed by atoms with Crippen molar-refractivity contribution in [1.29, 1.82) is 0 Å². The minimum Gasteiger partial charge on any atom is -0.352 e. The molecule has 0 radical (unpaired) electrons. The number of Topliss-reactive ketones (excluding diaryl/α,β-unsaturated/α-hetero) is 1. The molecule has 0 aliphatic carbocycles. The van der Waals surface area contributed by atoms with Gasteiger partial charge in [0.2, 0.25) is 0 Å². The molecule has 0 spiro atoms. The first kappa shape index (κ1) is 15.4. The molecular weight excluding hydrogens is 436 g/mol. The van der Waals surface area contributed by atoms with Crippen molar-refractivity contribution in [2.24, 2.45) is 0 Å². The Bertz CT molecular complexity index is 353. The van der Waals surface area contributed by atoms with Crippen LogP contribution < -0.4 is 0 Å². The Balaban J connectivity index is 2.40. The highest BCUT2D eigenvalue weighted by Gasteiger charge is 2.61. The normalized spacial score (nSPS) is 48.9. The van der Waals surface area contributed by atoms with Crippen LogP contribution in [0.15, 0.2) is 0 Å². The second-order valence-electron chi connectivity index (χ2n) is 4.62. The number of hydrogen-bond donors (Lipinski definition) is 0. The molecule has 0 N–H and O–H groups in total. The van der Waals surface area contributed by atoms with E-state index in [2.05, 4.69) is 47.8 Å². The fourth-order valence-electron chi connectivity index (χ4n) is 2.49. The van der Waals surface area contributed by atoms with Gasteiger partial charge in [-0.2, -0.15) is 0 Å². The summed E-state index contributed by atoms with van der Waals surface area (Å²) in [6.07, 6.45) is 1.45. The van der Waals surface area contributed by atoms with Gasteiger partial charge in [0.15, 0.2) is 11.6 Å². The van der Waals surface area contributed by atoms with Crippen LogP contribution in [0, 0.1) is 0 Å². The Morgan fingerprint density at radius 1 is 1.11 bits per heavy atom. The van der Waals surface area contributed by atoms with E-state index in [-0.39, 0.29) is 20.3 Å². The number of rotatable bonds is 2. The van der Waals surface area contributed by atoms with Crippen molar-refractivity contribution in [1.82, 2.24) is 0 Å². The zero-order valence-corrected chi connectivity index (χ0v) is 14.9. The van der Waals surface area contributed by atoms with Crippen LogP contribution in [0.4, 0.5) is 0 Å². The third-order valence-corrected chi connectivity index (χ3v) is 6.53. The molecule has 0 aromatic carbocycles. The number of ketones is 1. The number of fused-ring (bicyclic) bond motifs is 2. The third kappa shape index (κ3) is 2.35. The summed E-state index contributed by atoms with van der Waals surface area (Å²) in [5.41, 5.74) is 0. The fourth-order valence-corrected chi connectivity index (χ4v) is 4.84. The minimum atomic E-state index is -0.841. The first-order chi connectivity index (χ1) is 8.39. The van der Waals surface area contributed by atoms with Gasteiger partial charge in [-0.25, -0.2) is 0 Å². The van der Waals surface area contributed by atoms with Gasteiger partial charge in [-0.05, 0) is 0 Å². The van der Waals surface area contributed by atoms with Crippen LogP contribution in [0.25, 0.3) is 0 Å². The zero-order chi connectivity index (χ0) is 13.6. The van der Waals surface area contributed by atoms with Crippen LogP contribution in [0.3, 0.4) is 0 Å². The van der Waals surface area contributed by atoms with Crippen molar-refractivity contribution in [2.75, 3.05) is 14.2 Å². The van der Waals surface area contributed by atoms with Crippen molar-refractivity contribution in [3.05, 3.63) is 0 Å². The van der Waals surface area contributed by atoms with E-state index in [0.29, 0.717) is 19.3 Å². The predicted molar refractivity (Wildman–Crippen MR) is 77.6 cm³/mol. The Morgan fingerprint density at radius 2 is 1.67 bits per heavy atom. The first-order valence-electron chi connectivity index (χ1n) is 5.64. The summed E-state index contributed by atoms with van der Waals surface area (Å²) in [5, 5.41) is 0. The summed E-state index contributed by atoms with van der Waals surface area (Å²) in [6, 6.07) is 0. The molecule has 2 bridgehead atoms. The van der Waals surface area contributed by atoms with E-state index < -0.39 is 11.6 Å². The maximum Gasteiger partial charge on any atom is 0.185 e. The van der Waals surface area contributed by atoms with E-state index in [9.17, 15) is 4.79 Å². The van der Waals surface area contributed by atoms with Gasteiger partial charge < -0.3 is 14.2 Å². The predicted octanol–water partition coefficient (Wildman–Crippen LogP) is 2.75. The minimum absolute atomic E-state index is 0.0269. The lowest BCUT2D eigenvalue weighted by molar-refractivity contribution is -0.307. The van der Waals surface area contributed by atoms with Crippen molar-refractivity contribution >= 4 is 53.6 Å². The summed E-state index contributed by atoms with van der Waals surface area (Å²) in [4.78, 5) is 11.6. The lowest BCUT2D eigenvalue weighted by atomic mass is 10.0. The summed E-state index contributed by atoms with van der Waals surface area (Å²) < 4.78 is 17.2. The zero-order valence-electron chi connectivity index (χ0n) is 10.1. The lowest BCUT2D eigenvalue weighted by Crippen LogP contribution is -2.50. The van der Waals surface area contributed by atoms with Crippen LogP contribution in [-0.2, 0) is 19.0 Å². The van der Waals surface area contributed by atoms with Crippen LogP contribution in [0.1, 0.15) is 19.3 Å². The molecule has 0 amide bonds. The molecule has 2 heterocycles. The average molecular weight is 451 g/mol. The summed E-state index contributed by atoms with van der Waals surface area (Å²) in [7, 11) is 3.19. The molecule has 0 saturated carbocycles. The Morgan fingerprint density at radius 3 is 2.22 bits per heavy atom. The van der Waals surface area contributed by atoms with Crippen LogP contribution in [0.2, 0.25) is 0 Å². The Labute approximate surface area is 131 Å². The Hall–Kier alpha value is 0.990. The maximum absolute atomic E-state index is 12.1. The molecule has 2 fully saturated rings. The molecule has 0 aromatic rings. The summed E-state index contributed by atoms with van der Waals surface area (Å²) in [6.45, 7) is 0. The van der Waals surface area contributed by atoms with Crippen molar-refractivity contribution in [2.45, 2.75) is 45.3 Å². The van der Waals surface area contributed by atoms with Crippen LogP contribution in [0.5, 0.6) is 0 Å². The van der Waals surface area contributed by atoms with Gasteiger partial charge in [-0.3, -0.25) is 4.79 Å². The standard InChI is InChI=1S/C11H15Br3O4/c1-16-10-4-6(12)7(15)3-8(13)11(17-2,18-10)5-9(10)14/h6,8-9H,3-5H2,1-2H3/t6-,8-,9-,10-,11-/m0/s1. The number of halogens is 3. The van der Waals surface area contributed by atoms with Crippen molar-refractivity contribution in [3.8, 4) is 0 Å². The second-order valence-corrected chi connectivity index (χ2v) is 7.93. The fraction of sp³-hybridized carbons (Fsp3) is 0.909. The van der Waals surface area contributed by atoms with Crippen LogP contribution >= 0.6 is 47.8 Å². The highest BCUT2D eigenvalue weighted by Crippen LogP contribution is 2.51. The van der Waals surface area contributed by atoms with E-state index >= 15 is 0 Å². The SMILES string of the molecule is CO[C@]12C[C@H](Br)C(=O)C[C@H](Br)[C@](OC)(C[C@@H]1Br)O2. The molecule has 7 heteroatoms. The largest absolute Gasteiger partial charge is 0.352 e. The van der Waals surface area contributed by atoms with Gasteiger partial charge in [0, 0.05) is 33.5 Å². The molecule has 2 aliphatic heterocycles. The highest BCUT2D eigenvalue weighted by atomic mass is 79.9. The number of hydrogen-bond acceptors (Lipinski definition) is 4. The number of carbonyl (C=O) groups is 1. The monoisotopic (exact) mass is 448 g/mol. The molecule has 0 aromatic heterocycles. The van der Waals surface area contributed by atoms with Gasteiger partial charge in [0.1, 0.15) is 5.78 Å². The summed E-state index contributed by atoms with van der Waals surface area (Å²) in [5.74, 6) is -1.54. The number of alkyl halides is 3. The van der Waals surface area contributed by atoms with Gasteiger partial charge >= 0.3 is 0 Å². The quantitative estimate of drug-likeness (QED) is 0.607. The van der Waals surface area contributed by atoms with Gasteiger partial charge in [0.05, 0.1) is 14.5 Å². The number of carbonyl (C=O) groups excluding carboxylic acids is 1. The average Bonchev–Trinajstić information content (AvgIpc) is 2.64. The third-order valence-electron chi connectivity index (χ3n) is 3.65. The van der Waals surface area contributed by atoms with E-state index in [0.717, 1.165) is 0 Å². The lowest BCUT2D eigenvalue weighted by Gasteiger charge is -2.39. The topological polar surface area (TPSA) is 44.8 Å². The van der Waals surface area contributed by atoms with Gasteiger partial charge in [-0.1, -0.05) is 47.8 Å². The van der Waals surface area contributed by atoms with E-state index in [1.165, 1.54) is 0 Å². The van der Waals surface area contributed by atoms with E-state index in [4.69, 9.17) is 14.2 Å². The summed E-state index contributed by atoms with van der Waals surface area (Å²) >= 11 is 10.5. The molecule has 104 valence electrons. The number of ether oxygens (including phenoxy) is 3. The van der Waals surface area contributed by atoms with Crippen molar-refractivity contribution in [3.63, 3.8) is 0 Å². The van der Waals surface area contributed by atoms with Crippen LogP contribution in [-0.4, -0.2) is 46.1 Å². The smallest absolute Gasteiger partial charge is 0.185 e. The molecule has 0 unspecified atom stereocenters. The first-order valence-corrected chi connectivity index (χ1v) is 8.39. The maximum atomic E-state index is 12.1. The van der Waals surface area contributed by atoms with E-state index in [1.54, 1.807) is 14.2 Å². The molecule has 18 heavy (non-hydrogen) atoms. The molecular formula is C11H15Br3O4.